The van der Waals surface area contributed by atoms with Gasteiger partial charge in [-0.05, 0) is 68.3 Å². The maximum atomic E-state index is 9.28. The van der Waals surface area contributed by atoms with E-state index < -0.39 is 18.4 Å². The Labute approximate surface area is 132 Å². The van der Waals surface area contributed by atoms with Gasteiger partial charge in [-0.25, -0.2) is 0 Å². The summed E-state index contributed by atoms with van der Waals surface area (Å²) in [6, 6.07) is -1.34. The van der Waals surface area contributed by atoms with Gasteiger partial charge >= 0.3 is 0 Å². The van der Waals surface area contributed by atoms with E-state index in [1.165, 1.54) is 12.0 Å². The van der Waals surface area contributed by atoms with E-state index in [0.717, 1.165) is 31.2 Å². The molecule has 2 bridgehead atoms. The number of likely N-dealkylation sites (tertiary alicyclic amines) is 1. The van der Waals surface area contributed by atoms with Gasteiger partial charge in [-0.15, -0.1) is 0 Å². The van der Waals surface area contributed by atoms with Crippen LogP contribution in [-0.4, -0.2) is 31.5 Å². The molecule has 2 nitrogen and oxygen atoms in total. The number of rotatable bonds is 1. The molecule has 20 heavy (non-hydrogen) atoms. The van der Waals surface area contributed by atoms with Crippen molar-refractivity contribution in [3.8, 4) is 5.75 Å². The molecule has 0 spiro atoms. The lowest BCUT2D eigenvalue weighted by Gasteiger charge is -2.58. The Morgan fingerprint density at radius 2 is 2.40 bits per heavy atom. The second kappa shape index (κ2) is 4.49. The largest absolute Gasteiger partial charge is 0.497 e. The number of benzene rings is 1. The minimum absolute atomic E-state index is 0.0229. The number of fused-ring (bicyclic) bond motifs is 1. The number of nitrogens with zero attached hydrogens (tertiary/aromatic N) is 1. The van der Waals surface area contributed by atoms with Gasteiger partial charge in [0.25, 0.3) is 0 Å². The van der Waals surface area contributed by atoms with Crippen LogP contribution in [0.4, 0.5) is 0 Å². The quantitative estimate of drug-likeness (QED) is 0.781. The molecule has 2 fully saturated rings. The average molecular weight is 278 g/mol. The summed E-state index contributed by atoms with van der Waals surface area (Å²) in [5.74, 6) is -0.0709. The molecule has 0 radical (unpaired) electrons. The summed E-state index contributed by atoms with van der Waals surface area (Å²) in [7, 11) is 1.42. The predicted octanol–water partition coefficient (Wildman–Crippen LogP) is 3.38. The highest BCUT2D eigenvalue weighted by Crippen LogP contribution is 2.55. The van der Waals surface area contributed by atoms with Crippen LogP contribution in [0.25, 0.3) is 0 Å². The van der Waals surface area contributed by atoms with Crippen molar-refractivity contribution in [3.05, 3.63) is 29.3 Å². The Morgan fingerprint density at radius 1 is 1.45 bits per heavy atom. The maximum absolute atomic E-state index is 9.28. The fourth-order valence-electron chi connectivity index (χ4n) is 4.57. The van der Waals surface area contributed by atoms with Crippen LogP contribution >= 0.6 is 0 Å². The van der Waals surface area contributed by atoms with Crippen LogP contribution in [-0.2, 0) is 11.8 Å². The molecule has 2 heteroatoms. The number of hydrogen-bond donors (Lipinski definition) is 0. The Morgan fingerprint density at radius 3 is 3.25 bits per heavy atom. The fourth-order valence-corrected chi connectivity index (χ4v) is 4.57. The molecule has 4 rings (SSSR count). The number of likely N-dealkylation sites (N-methyl/N-ethyl adjacent to an activating group) is 1. The summed E-state index contributed by atoms with van der Waals surface area (Å²) < 4.78 is 63.9. The van der Waals surface area contributed by atoms with Crippen molar-refractivity contribution in [1.82, 2.24) is 4.90 Å². The summed E-state index contributed by atoms with van der Waals surface area (Å²) >= 11 is 0. The van der Waals surface area contributed by atoms with Crippen molar-refractivity contribution in [1.29, 1.82) is 0 Å². The molecular weight excluding hydrogens is 246 g/mol. The lowest BCUT2D eigenvalue weighted by atomic mass is 9.52. The predicted molar refractivity (Wildman–Crippen MR) is 81.4 cm³/mol. The van der Waals surface area contributed by atoms with Crippen molar-refractivity contribution in [2.24, 2.45) is 5.92 Å². The van der Waals surface area contributed by atoms with Crippen molar-refractivity contribution >= 4 is 0 Å². The Bertz CT molecular complexity index is 795. The third kappa shape index (κ3) is 1.60. The number of hydrogen-bond acceptors (Lipinski definition) is 2. The molecule has 0 N–H and O–H groups in total. The Kier molecular flexibility index (Phi) is 1.64. The molecule has 1 saturated heterocycles. The first-order valence-corrected chi connectivity index (χ1v) is 7.53. The minimum atomic E-state index is -2.37. The standard InChI is InChI=1S/C18H25NO/c1-19-10-9-18-8-4-3-5-15(18)17(19)11-13-6-7-14(20-2)12-16(13)18/h6-7,12,15,17H,3-5,8-11H2,1-2H3/t15?,17-,18-/m0/s1/i1D3,6D,7D,12D,17D. The van der Waals surface area contributed by atoms with E-state index in [0.29, 0.717) is 12.0 Å². The van der Waals surface area contributed by atoms with Gasteiger partial charge in [-0.2, -0.15) is 0 Å². The monoisotopic (exact) mass is 278 g/mol. The van der Waals surface area contributed by atoms with Gasteiger partial charge in [-0.1, -0.05) is 18.9 Å². The third-order valence-electron chi connectivity index (χ3n) is 5.49. The lowest BCUT2D eigenvalue weighted by Crippen LogP contribution is -2.59. The topological polar surface area (TPSA) is 12.5 Å². The fraction of sp³-hybridized carbons (Fsp3) is 0.667. The van der Waals surface area contributed by atoms with E-state index in [2.05, 4.69) is 0 Å². The first-order valence-electron chi connectivity index (χ1n) is 11.0. The zero-order valence-corrected chi connectivity index (χ0v) is 11.9. The van der Waals surface area contributed by atoms with Crippen molar-refractivity contribution in [2.45, 2.75) is 50.0 Å². The smallest absolute Gasteiger partial charge is 0.119 e. The number of piperidine rings is 1. The molecule has 1 heterocycles. The third-order valence-corrected chi connectivity index (χ3v) is 5.49. The minimum Gasteiger partial charge on any atom is -0.497 e. The van der Waals surface area contributed by atoms with Crippen LogP contribution in [0.15, 0.2) is 18.1 Å². The highest BCUT2D eigenvalue weighted by molar-refractivity contribution is 5.45. The molecule has 2 aliphatic carbocycles. The van der Waals surface area contributed by atoms with E-state index in [9.17, 15) is 1.37 Å². The van der Waals surface area contributed by atoms with Crippen LogP contribution in [0.1, 0.15) is 52.8 Å². The molecule has 0 amide bonds. The first kappa shape index (κ1) is 7.31. The molecule has 1 unspecified atom stereocenters. The normalized spacial score (nSPS) is 45.5. The van der Waals surface area contributed by atoms with Crippen LogP contribution in [0.2, 0.25) is 0 Å². The molecule has 0 aromatic heterocycles. The maximum Gasteiger partial charge on any atom is 0.119 e. The summed E-state index contributed by atoms with van der Waals surface area (Å²) in [5, 5.41) is 0. The van der Waals surface area contributed by atoms with Gasteiger partial charge in [0.2, 0.25) is 0 Å². The van der Waals surface area contributed by atoms with Gasteiger partial charge in [-0.3, -0.25) is 0 Å². The molecule has 3 atom stereocenters. The van der Waals surface area contributed by atoms with Crippen LogP contribution in [0.5, 0.6) is 5.75 Å². The molecule has 108 valence electrons. The summed E-state index contributed by atoms with van der Waals surface area (Å²) in [6.07, 6.45) is 4.12. The molecule has 3 aliphatic rings. The van der Waals surface area contributed by atoms with E-state index in [-0.39, 0.29) is 42.8 Å². The molecule has 1 aromatic rings. The summed E-state index contributed by atoms with van der Waals surface area (Å²) in [4.78, 5) is 1.33. The number of methoxy groups -OCH3 is 1. The number of ether oxygens (including phenoxy) is 1. The Hall–Kier alpha value is -1.02. The van der Waals surface area contributed by atoms with E-state index in [1.807, 2.05) is 0 Å². The summed E-state index contributed by atoms with van der Waals surface area (Å²) in [6.45, 7) is -2.08. The van der Waals surface area contributed by atoms with Crippen LogP contribution in [0.3, 0.4) is 0 Å². The molecule has 1 aliphatic heterocycles. The van der Waals surface area contributed by atoms with E-state index in [1.54, 1.807) is 0 Å². The highest BCUT2D eigenvalue weighted by atomic mass is 16.5. The van der Waals surface area contributed by atoms with Crippen molar-refractivity contribution in [2.75, 3.05) is 20.6 Å². The lowest BCUT2D eigenvalue weighted by molar-refractivity contribution is 0.00274. The van der Waals surface area contributed by atoms with Gasteiger partial charge in [0.05, 0.1) is 11.2 Å². The Balaban J connectivity index is 2.02. The van der Waals surface area contributed by atoms with Crippen molar-refractivity contribution in [3.63, 3.8) is 0 Å². The molecule has 1 saturated carbocycles. The van der Waals surface area contributed by atoms with Crippen LogP contribution < -0.4 is 4.74 Å². The van der Waals surface area contributed by atoms with Gasteiger partial charge in [0.1, 0.15) is 5.75 Å². The highest BCUT2D eigenvalue weighted by Gasteiger charge is 2.53. The van der Waals surface area contributed by atoms with E-state index >= 15 is 0 Å². The van der Waals surface area contributed by atoms with Crippen LogP contribution in [0, 0.1) is 5.92 Å². The van der Waals surface area contributed by atoms with Gasteiger partial charge in [0, 0.05) is 16.9 Å². The second-order valence-corrected chi connectivity index (χ2v) is 6.29. The van der Waals surface area contributed by atoms with E-state index in [4.69, 9.17) is 13.0 Å². The first-order chi connectivity index (χ1) is 12.6. The zero-order valence-electron chi connectivity index (χ0n) is 18.9. The SMILES string of the molecule is [2H]c1c([2H])c(OC)c([2H])c2c1C[C@@]1([2H])C3CCCC[C@@]23CCN1C([2H])([2H])[2H]. The zero-order chi connectivity index (χ0) is 19.8. The van der Waals surface area contributed by atoms with Gasteiger partial charge < -0.3 is 9.64 Å². The van der Waals surface area contributed by atoms with Gasteiger partial charge in [0.15, 0.2) is 0 Å². The molecule has 1 aromatic carbocycles. The molecular formula is C18H25NO. The second-order valence-electron chi connectivity index (χ2n) is 6.29. The van der Waals surface area contributed by atoms with Crippen molar-refractivity contribution < 1.29 is 14.3 Å². The summed E-state index contributed by atoms with van der Waals surface area (Å²) in [5.41, 5.74) is 0.787. The average Bonchev–Trinajstić information content (AvgIpc) is 2.58.